The molecule has 34 heavy (non-hydrogen) atoms. The molecular formula is C25H21ClN4O3S. The summed E-state index contributed by atoms with van der Waals surface area (Å²) in [6.07, 6.45) is 0. The van der Waals surface area contributed by atoms with Crippen LogP contribution in [0.4, 0.5) is 16.6 Å². The van der Waals surface area contributed by atoms with E-state index < -0.39 is 5.97 Å². The second kappa shape index (κ2) is 10.0. The van der Waals surface area contributed by atoms with E-state index in [1.807, 2.05) is 37.4 Å². The second-order valence-electron chi connectivity index (χ2n) is 7.48. The van der Waals surface area contributed by atoms with Gasteiger partial charge >= 0.3 is 5.97 Å². The first kappa shape index (κ1) is 23.4. The summed E-state index contributed by atoms with van der Waals surface area (Å²) in [6.45, 7) is 3.80. The van der Waals surface area contributed by atoms with Gasteiger partial charge in [0.05, 0.1) is 7.11 Å². The predicted molar refractivity (Wildman–Crippen MR) is 135 cm³/mol. The fourth-order valence-corrected chi connectivity index (χ4v) is 4.47. The Morgan fingerprint density at radius 2 is 1.62 bits per heavy atom. The van der Waals surface area contributed by atoms with Crippen molar-refractivity contribution in [2.45, 2.75) is 13.8 Å². The number of anilines is 3. The zero-order valence-corrected chi connectivity index (χ0v) is 20.3. The summed E-state index contributed by atoms with van der Waals surface area (Å²) >= 11 is 7.24. The molecule has 2 heterocycles. The lowest BCUT2D eigenvalue weighted by Crippen LogP contribution is -2.14. The molecule has 2 aromatic heterocycles. The molecule has 0 saturated heterocycles. The Balaban J connectivity index is 1.54. The van der Waals surface area contributed by atoms with Crippen LogP contribution in [0.5, 0.6) is 0 Å². The molecule has 1 amide bonds. The number of ether oxygens (including phenoxy) is 1. The summed E-state index contributed by atoms with van der Waals surface area (Å²) in [5, 5.41) is 8.78. The summed E-state index contributed by atoms with van der Waals surface area (Å²) in [7, 11) is 1.31. The first-order valence-corrected chi connectivity index (χ1v) is 11.6. The standard InChI is InChI=1S/C25H21ClN4O3S/c1-14-12-15(2)28-25(27-14)29-19-10-6-17(7-11-19)22(31)30-23-21(24(32)33-3)20(13-34-23)16-4-8-18(26)9-5-16/h4-13H,1-3H3,(H,30,31)(H,27,28,29). The Bertz CT molecular complexity index is 1330. The number of carbonyl (C=O) groups is 2. The monoisotopic (exact) mass is 492 g/mol. The highest BCUT2D eigenvalue weighted by Crippen LogP contribution is 2.37. The van der Waals surface area contributed by atoms with E-state index in [2.05, 4.69) is 20.6 Å². The number of halogens is 1. The SMILES string of the molecule is COC(=O)c1c(-c2ccc(Cl)cc2)csc1NC(=O)c1ccc(Nc2nc(C)cc(C)n2)cc1. The predicted octanol–water partition coefficient (Wildman–Crippen LogP) is 6.26. The van der Waals surface area contributed by atoms with Crippen LogP contribution >= 0.6 is 22.9 Å². The van der Waals surface area contributed by atoms with Crippen LogP contribution in [0.1, 0.15) is 32.1 Å². The van der Waals surface area contributed by atoms with Crippen LogP contribution in [0, 0.1) is 13.8 Å². The van der Waals surface area contributed by atoms with Gasteiger partial charge in [-0.25, -0.2) is 14.8 Å². The molecule has 0 aliphatic heterocycles. The molecule has 0 saturated carbocycles. The highest BCUT2D eigenvalue weighted by atomic mass is 35.5. The van der Waals surface area contributed by atoms with Gasteiger partial charge < -0.3 is 15.4 Å². The fraction of sp³-hybridized carbons (Fsp3) is 0.120. The average Bonchev–Trinajstić information content (AvgIpc) is 3.22. The third-order valence-electron chi connectivity index (χ3n) is 4.95. The number of esters is 1. The molecule has 172 valence electrons. The number of nitrogens with zero attached hydrogens (tertiary/aromatic N) is 2. The van der Waals surface area contributed by atoms with Gasteiger partial charge in [-0.3, -0.25) is 4.79 Å². The minimum absolute atomic E-state index is 0.299. The van der Waals surface area contributed by atoms with Gasteiger partial charge in [0.1, 0.15) is 10.6 Å². The Labute approximate surface area is 205 Å². The van der Waals surface area contributed by atoms with Crippen LogP contribution in [0.25, 0.3) is 11.1 Å². The maximum absolute atomic E-state index is 12.9. The molecule has 4 rings (SSSR count). The number of aromatic nitrogens is 2. The number of thiophene rings is 1. The lowest BCUT2D eigenvalue weighted by atomic mass is 10.0. The van der Waals surface area contributed by atoms with E-state index in [0.717, 1.165) is 22.6 Å². The number of hydrogen-bond acceptors (Lipinski definition) is 7. The number of carbonyl (C=O) groups excluding carboxylic acids is 2. The quantitative estimate of drug-likeness (QED) is 0.309. The topological polar surface area (TPSA) is 93.2 Å². The van der Waals surface area contributed by atoms with Crippen LogP contribution < -0.4 is 10.6 Å². The van der Waals surface area contributed by atoms with Gasteiger partial charge in [0.25, 0.3) is 5.91 Å². The highest BCUT2D eigenvalue weighted by Gasteiger charge is 2.22. The van der Waals surface area contributed by atoms with Crippen LogP contribution in [0.15, 0.2) is 60.0 Å². The van der Waals surface area contributed by atoms with Gasteiger partial charge in [-0.2, -0.15) is 0 Å². The number of aryl methyl sites for hydroxylation is 2. The smallest absolute Gasteiger partial charge is 0.341 e. The summed E-state index contributed by atoms with van der Waals surface area (Å²) < 4.78 is 4.97. The first-order valence-electron chi connectivity index (χ1n) is 10.3. The lowest BCUT2D eigenvalue weighted by molar-refractivity contribution is 0.0603. The molecular weight excluding hydrogens is 472 g/mol. The lowest BCUT2D eigenvalue weighted by Gasteiger charge is -2.09. The van der Waals surface area contributed by atoms with Gasteiger partial charge in [-0.05, 0) is 61.9 Å². The van der Waals surface area contributed by atoms with E-state index in [4.69, 9.17) is 16.3 Å². The van der Waals surface area contributed by atoms with Crippen LogP contribution in [-0.2, 0) is 4.74 Å². The number of nitrogens with one attached hydrogen (secondary N) is 2. The van der Waals surface area contributed by atoms with Gasteiger partial charge in [0, 0.05) is 38.6 Å². The molecule has 2 aromatic carbocycles. The van der Waals surface area contributed by atoms with Gasteiger partial charge in [0.15, 0.2) is 0 Å². The van der Waals surface area contributed by atoms with E-state index in [0.29, 0.717) is 32.7 Å². The molecule has 0 bridgehead atoms. The van der Waals surface area contributed by atoms with Crippen LogP contribution in [0.2, 0.25) is 5.02 Å². The summed E-state index contributed by atoms with van der Waals surface area (Å²) in [4.78, 5) is 34.2. The van der Waals surface area contributed by atoms with Gasteiger partial charge in [-0.1, -0.05) is 23.7 Å². The third kappa shape index (κ3) is 5.24. The first-order chi connectivity index (χ1) is 16.3. The molecule has 0 radical (unpaired) electrons. The van der Waals surface area contributed by atoms with Crippen molar-refractivity contribution in [1.82, 2.24) is 9.97 Å². The number of benzene rings is 2. The Morgan fingerprint density at radius 1 is 0.971 bits per heavy atom. The van der Waals surface area contributed by atoms with E-state index in [1.165, 1.54) is 18.4 Å². The zero-order chi connectivity index (χ0) is 24.2. The summed E-state index contributed by atoms with van der Waals surface area (Å²) in [5.74, 6) is -0.385. The van der Waals surface area contributed by atoms with Crippen molar-refractivity contribution in [1.29, 1.82) is 0 Å². The van der Waals surface area contributed by atoms with Crippen molar-refractivity contribution in [3.63, 3.8) is 0 Å². The maximum atomic E-state index is 12.9. The Morgan fingerprint density at radius 3 is 2.24 bits per heavy atom. The second-order valence-corrected chi connectivity index (χ2v) is 8.80. The average molecular weight is 493 g/mol. The van der Waals surface area contributed by atoms with Crippen molar-refractivity contribution in [3.05, 3.63) is 87.5 Å². The molecule has 9 heteroatoms. The Kier molecular flexibility index (Phi) is 6.90. The number of amides is 1. The molecule has 2 N–H and O–H groups in total. The largest absolute Gasteiger partial charge is 0.465 e. The van der Waals surface area contributed by atoms with E-state index in [-0.39, 0.29) is 5.91 Å². The zero-order valence-electron chi connectivity index (χ0n) is 18.7. The van der Waals surface area contributed by atoms with Gasteiger partial charge in [-0.15, -0.1) is 11.3 Å². The van der Waals surface area contributed by atoms with Crippen molar-refractivity contribution >= 4 is 51.5 Å². The molecule has 0 atom stereocenters. The van der Waals surface area contributed by atoms with Crippen LogP contribution in [-0.4, -0.2) is 29.0 Å². The summed E-state index contributed by atoms with van der Waals surface area (Å²) in [6, 6.07) is 15.9. The van der Waals surface area contributed by atoms with E-state index in [9.17, 15) is 9.59 Å². The van der Waals surface area contributed by atoms with Crippen molar-refractivity contribution in [2.24, 2.45) is 0 Å². The highest BCUT2D eigenvalue weighted by molar-refractivity contribution is 7.15. The van der Waals surface area contributed by atoms with Crippen molar-refractivity contribution in [2.75, 3.05) is 17.7 Å². The number of rotatable bonds is 6. The van der Waals surface area contributed by atoms with Gasteiger partial charge in [0.2, 0.25) is 5.95 Å². The van der Waals surface area contributed by atoms with E-state index >= 15 is 0 Å². The number of hydrogen-bond donors (Lipinski definition) is 2. The maximum Gasteiger partial charge on any atom is 0.341 e. The molecule has 0 aliphatic rings. The molecule has 0 fully saturated rings. The molecule has 0 unspecified atom stereocenters. The number of methoxy groups -OCH3 is 1. The molecule has 0 aliphatic carbocycles. The molecule has 7 nitrogen and oxygen atoms in total. The minimum atomic E-state index is -0.533. The van der Waals surface area contributed by atoms with Crippen molar-refractivity contribution < 1.29 is 14.3 Å². The fourth-order valence-electron chi connectivity index (χ4n) is 3.39. The summed E-state index contributed by atoms with van der Waals surface area (Å²) in [5.41, 5.74) is 4.67. The van der Waals surface area contributed by atoms with E-state index in [1.54, 1.807) is 36.4 Å². The third-order valence-corrected chi connectivity index (χ3v) is 6.10. The normalized spacial score (nSPS) is 10.6. The Hall–Kier alpha value is -3.75. The molecule has 4 aromatic rings. The van der Waals surface area contributed by atoms with Crippen LogP contribution in [0.3, 0.4) is 0 Å². The minimum Gasteiger partial charge on any atom is -0.465 e. The van der Waals surface area contributed by atoms with Crippen molar-refractivity contribution in [3.8, 4) is 11.1 Å². The molecule has 0 spiro atoms.